The highest BCUT2D eigenvalue weighted by Crippen LogP contribution is 2.40. The zero-order valence-corrected chi connectivity index (χ0v) is 16.8. The van der Waals surface area contributed by atoms with Gasteiger partial charge in [-0.05, 0) is 44.4 Å². The van der Waals surface area contributed by atoms with Gasteiger partial charge in [0.15, 0.2) is 0 Å². The number of fused-ring (bicyclic) bond motifs is 1. The van der Waals surface area contributed by atoms with Crippen molar-refractivity contribution in [3.05, 3.63) is 45.5 Å². The van der Waals surface area contributed by atoms with Crippen molar-refractivity contribution in [2.24, 2.45) is 0 Å². The smallest absolute Gasteiger partial charge is 0.258 e. The Balaban J connectivity index is 1.81. The molecule has 8 nitrogen and oxygen atoms in total. The van der Waals surface area contributed by atoms with Crippen molar-refractivity contribution in [3.63, 3.8) is 0 Å². The van der Waals surface area contributed by atoms with Crippen LogP contribution in [0.3, 0.4) is 0 Å². The summed E-state index contributed by atoms with van der Waals surface area (Å²) in [5.41, 5.74) is 0.961. The van der Waals surface area contributed by atoms with Gasteiger partial charge in [0.25, 0.3) is 5.56 Å². The Kier molecular flexibility index (Phi) is 4.78. The molecule has 10 heteroatoms. The van der Waals surface area contributed by atoms with Crippen LogP contribution in [0.4, 0.5) is 21.5 Å². The minimum absolute atomic E-state index is 0.0703. The Morgan fingerprint density at radius 2 is 1.97 bits per heavy atom. The quantitative estimate of drug-likeness (QED) is 0.679. The maximum Gasteiger partial charge on any atom is 0.258 e. The molecule has 2 aliphatic rings. The Morgan fingerprint density at radius 3 is 2.62 bits per heavy atom. The number of aliphatic hydroxyl groups is 1. The van der Waals surface area contributed by atoms with Crippen molar-refractivity contribution in [1.82, 2.24) is 4.57 Å². The Labute approximate surface area is 167 Å². The fourth-order valence-electron chi connectivity index (χ4n) is 3.54. The summed E-state index contributed by atoms with van der Waals surface area (Å²) >= 11 is 0. The fraction of sp³-hybridized carbons (Fsp3) is 0.421. The fourth-order valence-corrected chi connectivity index (χ4v) is 5.13. The van der Waals surface area contributed by atoms with Crippen LogP contribution in [0.25, 0.3) is 0 Å². The van der Waals surface area contributed by atoms with Crippen molar-refractivity contribution in [2.45, 2.75) is 44.6 Å². The second-order valence-electron chi connectivity index (χ2n) is 7.49. The van der Waals surface area contributed by atoms with E-state index in [9.17, 15) is 22.7 Å². The molecule has 3 N–H and O–H groups in total. The average molecular weight is 423 g/mol. The Bertz CT molecular complexity index is 1140. The average Bonchev–Trinajstić information content (AvgIpc) is 3.11. The second-order valence-corrected chi connectivity index (χ2v) is 9.45. The number of nitrogens with one attached hydrogen (secondary N) is 2. The summed E-state index contributed by atoms with van der Waals surface area (Å²) in [7, 11) is -3.83. The predicted molar refractivity (Wildman–Crippen MR) is 107 cm³/mol. The molecule has 156 valence electrons. The highest BCUT2D eigenvalue weighted by molar-refractivity contribution is 7.93. The van der Waals surface area contributed by atoms with Gasteiger partial charge in [-0.1, -0.05) is 6.07 Å². The number of pyridine rings is 1. The van der Waals surface area contributed by atoms with Crippen LogP contribution in [0.5, 0.6) is 5.88 Å². The topological polar surface area (TPSA) is 110 Å². The van der Waals surface area contributed by atoms with E-state index in [1.54, 1.807) is 19.9 Å². The van der Waals surface area contributed by atoms with Crippen LogP contribution in [0.2, 0.25) is 0 Å². The maximum absolute atomic E-state index is 14.4. The van der Waals surface area contributed by atoms with Gasteiger partial charge < -0.3 is 15.2 Å². The number of hydrogen-bond donors (Lipinski definition) is 3. The first kappa shape index (κ1) is 19.7. The molecule has 1 aromatic carbocycles. The molecule has 4 rings (SSSR count). The van der Waals surface area contributed by atoms with Gasteiger partial charge in [-0.3, -0.25) is 14.1 Å². The normalized spacial score (nSPS) is 20.6. The molecular weight excluding hydrogens is 401 g/mol. The zero-order chi connectivity index (χ0) is 20.9. The van der Waals surface area contributed by atoms with E-state index in [4.69, 9.17) is 4.74 Å². The SMILES string of the molecule is Cc1ccc(Nc2c(NS(=O)(=O)C3CC(O)C3)c3n(c(=O)c2C)CCO3)c(F)c1. The van der Waals surface area contributed by atoms with E-state index in [0.717, 1.165) is 5.56 Å². The molecule has 0 amide bonds. The first-order chi connectivity index (χ1) is 13.7. The van der Waals surface area contributed by atoms with Gasteiger partial charge in [0, 0.05) is 5.56 Å². The Hall–Kier alpha value is -2.59. The number of aryl methyl sites for hydroxylation is 1. The molecule has 2 aromatic rings. The second kappa shape index (κ2) is 7.03. The van der Waals surface area contributed by atoms with E-state index in [-0.39, 0.29) is 53.5 Å². The molecule has 1 aliphatic carbocycles. The van der Waals surface area contributed by atoms with Gasteiger partial charge in [-0.2, -0.15) is 0 Å². The number of aromatic nitrogens is 1. The third kappa shape index (κ3) is 3.46. The largest absolute Gasteiger partial charge is 0.475 e. The number of hydrogen-bond acceptors (Lipinski definition) is 6. The van der Waals surface area contributed by atoms with Crippen LogP contribution in [0.1, 0.15) is 24.0 Å². The van der Waals surface area contributed by atoms with E-state index in [1.807, 2.05) is 0 Å². The van der Waals surface area contributed by atoms with E-state index >= 15 is 0 Å². The van der Waals surface area contributed by atoms with Crippen LogP contribution in [-0.2, 0) is 16.6 Å². The van der Waals surface area contributed by atoms with Crippen molar-refractivity contribution in [3.8, 4) is 5.88 Å². The minimum Gasteiger partial charge on any atom is -0.475 e. The predicted octanol–water partition coefficient (Wildman–Crippen LogP) is 2.01. The van der Waals surface area contributed by atoms with E-state index < -0.39 is 27.2 Å². The summed E-state index contributed by atoms with van der Waals surface area (Å²) in [4.78, 5) is 12.7. The van der Waals surface area contributed by atoms with Crippen molar-refractivity contribution < 1.29 is 22.7 Å². The monoisotopic (exact) mass is 423 g/mol. The number of anilines is 3. The lowest BCUT2D eigenvalue weighted by Gasteiger charge is -2.31. The van der Waals surface area contributed by atoms with Gasteiger partial charge in [0.1, 0.15) is 18.1 Å². The molecule has 0 unspecified atom stereocenters. The van der Waals surface area contributed by atoms with Crippen molar-refractivity contribution in [1.29, 1.82) is 0 Å². The van der Waals surface area contributed by atoms with Crippen molar-refractivity contribution in [2.75, 3.05) is 16.6 Å². The van der Waals surface area contributed by atoms with Crippen LogP contribution in [0, 0.1) is 19.7 Å². The lowest BCUT2D eigenvalue weighted by molar-refractivity contribution is 0.0979. The number of halogens is 1. The van der Waals surface area contributed by atoms with E-state index in [2.05, 4.69) is 10.0 Å². The first-order valence-electron chi connectivity index (χ1n) is 9.30. The molecular formula is C19H22FN3O5S. The van der Waals surface area contributed by atoms with Crippen LogP contribution >= 0.6 is 0 Å². The zero-order valence-electron chi connectivity index (χ0n) is 16.0. The number of rotatable bonds is 5. The van der Waals surface area contributed by atoms with E-state index in [0.29, 0.717) is 6.54 Å². The standard InChI is InChI=1S/C19H22FN3O5S/c1-10-3-4-15(14(20)7-10)21-16-11(2)18(25)23-5-6-28-19(23)17(16)22-29(26,27)13-8-12(24)9-13/h3-4,7,12-13,21-22,24H,5-6,8-9H2,1-2H3. The molecule has 1 fully saturated rings. The van der Waals surface area contributed by atoms with Gasteiger partial charge in [-0.15, -0.1) is 0 Å². The summed E-state index contributed by atoms with van der Waals surface area (Å²) < 4.78 is 49.4. The summed E-state index contributed by atoms with van der Waals surface area (Å²) in [5.74, 6) is -0.430. The molecule has 2 heterocycles. The molecule has 0 spiro atoms. The lowest BCUT2D eigenvalue weighted by atomic mass is 9.96. The molecule has 0 bridgehead atoms. The van der Waals surface area contributed by atoms with Crippen molar-refractivity contribution >= 4 is 27.1 Å². The number of benzene rings is 1. The van der Waals surface area contributed by atoms with Gasteiger partial charge in [0.2, 0.25) is 15.9 Å². The summed E-state index contributed by atoms with van der Waals surface area (Å²) in [5, 5.41) is 11.6. The van der Waals surface area contributed by atoms with Crippen LogP contribution in [-0.4, -0.2) is 36.1 Å². The Morgan fingerprint density at radius 1 is 1.24 bits per heavy atom. The lowest BCUT2D eigenvalue weighted by Crippen LogP contribution is -2.42. The summed E-state index contributed by atoms with van der Waals surface area (Å²) in [6.45, 7) is 3.83. The van der Waals surface area contributed by atoms with Gasteiger partial charge in [-0.25, -0.2) is 12.8 Å². The van der Waals surface area contributed by atoms with Gasteiger partial charge in [0.05, 0.1) is 29.3 Å². The minimum atomic E-state index is -3.83. The summed E-state index contributed by atoms with van der Waals surface area (Å²) in [6.07, 6.45) is -0.364. The number of nitrogens with zero attached hydrogens (tertiary/aromatic N) is 1. The first-order valence-corrected chi connectivity index (χ1v) is 10.8. The number of aliphatic hydroxyl groups excluding tert-OH is 1. The molecule has 1 saturated carbocycles. The van der Waals surface area contributed by atoms with E-state index in [1.165, 1.54) is 16.7 Å². The number of sulfonamides is 1. The molecule has 1 aromatic heterocycles. The summed E-state index contributed by atoms with van der Waals surface area (Å²) in [6, 6.07) is 4.57. The molecule has 0 saturated heterocycles. The van der Waals surface area contributed by atoms with Crippen LogP contribution in [0.15, 0.2) is 23.0 Å². The van der Waals surface area contributed by atoms with Gasteiger partial charge >= 0.3 is 0 Å². The molecule has 1 aliphatic heterocycles. The third-order valence-electron chi connectivity index (χ3n) is 5.34. The highest BCUT2D eigenvalue weighted by atomic mass is 32.2. The molecule has 0 radical (unpaired) electrons. The highest BCUT2D eigenvalue weighted by Gasteiger charge is 2.39. The van der Waals surface area contributed by atoms with Crippen LogP contribution < -0.4 is 20.3 Å². The number of ether oxygens (including phenoxy) is 1. The molecule has 0 atom stereocenters. The third-order valence-corrected chi connectivity index (χ3v) is 7.09. The molecule has 29 heavy (non-hydrogen) atoms. The maximum atomic E-state index is 14.4.